The Labute approximate surface area is 151 Å². The first kappa shape index (κ1) is 16.5. The van der Waals surface area contributed by atoms with Crippen LogP contribution in [0.25, 0.3) is 0 Å². The maximum absolute atomic E-state index is 14.7. The predicted molar refractivity (Wildman–Crippen MR) is 97.9 cm³/mol. The highest BCUT2D eigenvalue weighted by atomic mass is 35.5. The van der Waals surface area contributed by atoms with Gasteiger partial charge >= 0.3 is 0 Å². The zero-order valence-electron chi connectivity index (χ0n) is 14.2. The van der Waals surface area contributed by atoms with E-state index in [-0.39, 0.29) is 5.82 Å². The summed E-state index contributed by atoms with van der Waals surface area (Å²) in [6.45, 7) is 7.14. The fourth-order valence-electron chi connectivity index (χ4n) is 3.44. The zero-order chi connectivity index (χ0) is 17.4. The Morgan fingerprint density at radius 2 is 1.92 bits per heavy atom. The summed E-state index contributed by atoms with van der Waals surface area (Å²) in [7, 11) is 0. The van der Waals surface area contributed by atoms with E-state index in [1.54, 1.807) is 6.07 Å². The molecular formula is C19H20ClFN4. The molecule has 4 rings (SSSR count). The van der Waals surface area contributed by atoms with E-state index in [1.165, 1.54) is 6.07 Å². The van der Waals surface area contributed by atoms with Crippen molar-refractivity contribution >= 4 is 23.0 Å². The van der Waals surface area contributed by atoms with E-state index in [0.29, 0.717) is 22.6 Å². The number of likely N-dealkylation sites (N-methyl/N-ethyl adjacent to an activating group) is 1. The zero-order valence-corrected chi connectivity index (χ0v) is 14.9. The van der Waals surface area contributed by atoms with Crippen molar-refractivity contribution in [1.82, 2.24) is 4.90 Å². The van der Waals surface area contributed by atoms with Crippen LogP contribution in [0.4, 0.5) is 15.8 Å². The van der Waals surface area contributed by atoms with Crippen LogP contribution in [-0.2, 0) is 6.54 Å². The molecule has 25 heavy (non-hydrogen) atoms. The molecule has 4 nitrogen and oxygen atoms in total. The van der Waals surface area contributed by atoms with E-state index < -0.39 is 0 Å². The van der Waals surface area contributed by atoms with Crippen LogP contribution in [-0.4, -0.2) is 37.6 Å². The van der Waals surface area contributed by atoms with Gasteiger partial charge in [0, 0.05) is 31.2 Å². The number of hydrogen-bond acceptors (Lipinski definition) is 4. The Hall–Kier alpha value is -1.98. The van der Waals surface area contributed by atoms with E-state index in [9.17, 15) is 4.39 Å². The van der Waals surface area contributed by atoms with Crippen LogP contribution in [0.5, 0.6) is 0 Å². The number of nitrogens with zero attached hydrogens (tertiary/aromatic N) is 4. The minimum atomic E-state index is -0.242. The van der Waals surface area contributed by atoms with Crippen molar-refractivity contribution < 1.29 is 4.39 Å². The Balaban J connectivity index is 1.85. The number of piperazine rings is 1. The molecule has 130 valence electrons. The molecule has 2 heterocycles. The molecule has 0 N–H and O–H groups in total. The van der Waals surface area contributed by atoms with Crippen molar-refractivity contribution in [2.75, 3.05) is 37.6 Å². The summed E-state index contributed by atoms with van der Waals surface area (Å²) < 4.78 is 14.7. The van der Waals surface area contributed by atoms with Gasteiger partial charge in [-0.05, 0) is 36.4 Å². The van der Waals surface area contributed by atoms with Gasteiger partial charge in [-0.25, -0.2) is 9.38 Å². The van der Waals surface area contributed by atoms with Gasteiger partial charge in [-0.1, -0.05) is 24.6 Å². The van der Waals surface area contributed by atoms with Crippen LogP contribution in [0.3, 0.4) is 0 Å². The van der Waals surface area contributed by atoms with Crippen LogP contribution < -0.4 is 15.6 Å². The third-order valence-corrected chi connectivity index (χ3v) is 5.15. The lowest BCUT2D eigenvalue weighted by Crippen LogP contribution is -2.49. The fraction of sp³-hybridized carbons (Fsp3) is 0.368. The molecule has 0 radical (unpaired) electrons. The molecule has 0 unspecified atom stereocenters. The van der Waals surface area contributed by atoms with E-state index in [4.69, 9.17) is 16.6 Å². The molecule has 1 fully saturated rings. The SMILES string of the molecule is CCN1CCN(c2c(F)ccc3c2=Nc2cc(Cl)ccc2CN=3)CC1. The highest BCUT2D eigenvalue weighted by Gasteiger charge is 2.21. The minimum Gasteiger partial charge on any atom is -0.365 e. The van der Waals surface area contributed by atoms with Crippen molar-refractivity contribution in [3.8, 4) is 0 Å². The average Bonchev–Trinajstić information content (AvgIpc) is 2.80. The van der Waals surface area contributed by atoms with Gasteiger partial charge in [0.25, 0.3) is 0 Å². The van der Waals surface area contributed by atoms with E-state index >= 15 is 0 Å². The Bertz CT molecular complexity index is 920. The molecule has 0 spiro atoms. The minimum absolute atomic E-state index is 0.242. The average molecular weight is 359 g/mol. The Morgan fingerprint density at radius 1 is 1.12 bits per heavy atom. The van der Waals surface area contributed by atoms with Gasteiger partial charge in [-0.15, -0.1) is 0 Å². The van der Waals surface area contributed by atoms with Crippen LogP contribution in [0.2, 0.25) is 5.02 Å². The highest BCUT2D eigenvalue weighted by Crippen LogP contribution is 2.26. The van der Waals surface area contributed by atoms with E-state index in [1.807, 2.05) is 18.2 Å². The quantitative estimate of drug-likeness (QED) is 0.826. The number of fused-ring (bicyclic) bond motifs is 2. The van der Waals surface area contributed by atoms with Gasteiger partial charge in [0.05, 0.1) is 17.6 Å². The molecule has 2 aliphatic heterocycles. The first-order chi connectivity index (χ1) is 12.2. The summed E-state index contributed by atoms with van der Waals surface area (Å²) in [4.78, 5) is 13.9. The summed E-state index contributed by atoms with van der Waals surface area (Å²) in [6.07, 6.45) is 0. The first-order valence-corrected chi connectivity index (χ1v) is 9.01. The molecule has 0 aromatic heterocycles. The highest BCUT2D eigenvalue weighted by molar-refractivity contribution is 6.30. The molecule has 6 heteroatoms. The van der Waals surface area contributed by atoms with Gasteiger partial charge < -0.3 is 9.80 Å². The fourth-order valence-corrected chi connectivity index (χ4v) is 3.60. The second-order valence-corrected chi connectivity index (χ2v) is 6.82. The molecular weight excluding hydrogens is 339 g/mol. The van der Waals surface area contributed by atoms with Gasteiger partial charge in [0.1, 0.15) is 16.9 Å². The van der Waals surface area contributed by atoms with Crippen molar-refractivity contribution in [2.45, 2.75) is 13.5 Å². The van der Waals surface area contributed by atoms with Crippen molar-refractivity contribution in [3.05, 3.63) is 57.4 Å². The standard InChI is InChI=1S/C19H20ClFN4/c1-2-24-7-9-25(10-8-24)19-15(21)5-6-16-18(19)23-17-11-14(20)4-3-13(17)12-22-16/h3-6,11H,2,7-10,12H2,1H3. The molecule has 2 aromatic rings. The monoisotopic (exact) mass is 358 g/mol. The van der Waals surface area contributed by atoms with Gasteiger partial charge in [-0.3, -0.25) is 4.99 Å². The van der Waals surface area contributed by atoms with Crippen molar-refractivity contribution in [2.24, 2.45) is 9.98 Å². The lowest BCUT2D eigenvalue weighted by molar-refractivity contribution is 0.270. The maximum atomic E-state index is 14.7. The van der Waals surface area contributed by atoms with Gasteiger partial charge in [0.2, 0.25) is 0 Å². The molecule has 0 bridgehead atoms. The van der Waals surface area contributed by atoms with E-state index in [2.05, 4.69) is 21.7 Å². The van der Waals surface area contributed by atoms with Gasteiger partial charge in [0.15, 0.2) is 0 Å². The molecule has 0 aliphatic carbocycles. The number of rotatable bonds is 2. The topological polar surface area (TPSA) is 31.2 Å². The molecule has 2 aromatic carbocycles. The van der Waals surface area contributed by atoms with Crippen LogP contribution in [0, 0.1) is 5.82 Å². The summed E-state index contributed by atoms with van der Waals surface area (Å²) in [5.41, 5.74) is 2.33. The van der Waals surface area contributed by atoms with Crippen LogP contribution >= 0.6 is 11.6 Å². The third-order valence-electron chi connectivity index (χ3n) is 4.92. The first-order valence-electron chi connectivity index (χ1n) is 8.63. The molecule has 0 amide bonds. The lowest BCUT2D eigenvalue weighted by atomic mass is 10.2. The maximum Gasteiger partial charge on any atom is 0.148 e. The Morgan fingerprint density at radius 3 is 2.68 bits per heavy atom. The van der Waals surface area contributed by atoms with Crippen molar-refractivity contribution in [1.29, 1.82) is 0 Å². The van der Waals surface area contributed by atoms with E-state index in [0.717, 1.165) is 49.3 Å². The normalized spacial score (nSPS) is 17.2. The predicted octanol–water partition coefficient (Wildman–Crippen LogP) is 2.71. The lowest BCUT2D eigenvalue weighted by Gasteiger charge is -2.35. The van der Waals surface area contributed by atoms with Crippen LogP contribution in [0.1, 0.15) is 12.5 Å². The van der Waals surface area contributed by atoms with Crippen LogP contribution in [0.15, 0.2) is 40.3 Å². The van der Waals surface area contributed by atoms with Crippen molar-refractivity contribution in [3.63, 3.8) is 0 Å². The second-order valence-electron chi connectivity index (χ2n) is 6.39. The summed E-state index contributed by atoms with van der Waals surface area (Å²) >= 11 is 6.13. The number of benzene rings is 2. The molecule has 0 saturated carbocycles. The molecule has 2 aliphatic rings. The third kappa shape index (κ3) is 3.14. The Kier molecular flexibility index (Phi) is 4.44. The largest absolute Gasteiger partial charge is 0.365 e. The van der Waals surface area contributed by atoms with Gasteiger partial charge in [-0.2, -0.15) is 0 Å². The number of halogens is 2. The molecule has 1 saturated heterocycles. The summed E-state index contributed by atoms with van der Waals surface area (Å²) in [5, 5.41) is 1.98. The summed E-state index contributed by atoms with van der Waals surface area (Å²) in [6, 6.07) is 8.82. The number of anilines is 1. The summed E-state index contributed by atoms with van der Waals surface area (Å²) in [5.74, 6) is -0.242. The smallest absolute Gasteiger partial charge is 0.148 e. The number of hydrogen-bond donors (Lipinski definition) is 0. The molecule has 0 atom stereocenters. The second kappa shape index (κ2) is 6.73.